The van der Waals surface area contributed by atoms with Gasteiger partial charge in [0.2, 0.25) is 5.91 Å². The van der Waals surface area contributed by atoms with Crippen LogP contribution in [0.25, 0.3) is 17.2 Å². The molecule has 0 fully saturated rings. The maximum Gasteiger partial charge on any atom is 0.335 e. The van der Waals surface area contributed by atoms with Crippen LogP contribution >= 0.6 is 7.60 Å². The minimum atomic E-state index is -3.19. The van der Waals surface area contributed by atoms with Crippen molar-refractivity contribution in [3.8, 4) is 11.1 Å². The lowest BCUT2D eigenvalue weighted by Gasteiger charge is -2.17. The third-order valence-electron chi connectivity index (χ3n) is 4.67. The Labute approximate surface area is 193 Å². The zero-order valence-electron chi connectivity index (χ0n) is 18.5. The minimum absolute atomic E-state index is 0.163. The first-order valence-electron chi connectivity index (χ1n) is 10.6. The van der Waals surface area contributed by atoms with Crippen LogP contribution in [-0.4, -0.2) is 24.1 Å². The SMILES string of the molecule is CCOP(=O)(Cc1ccc(NC(=O)/C=C/c2cnccc2-c2ccc(F)cc2)cc1)OCC. The Morgan fingerprint density at radius 1 is 1.03 bits per heavy atom. The second-order valence-electron chi connectivity index (χ2n) is 7.09. The highest BCUT2D eigenvalue weighted by Gasteiger charge is 2.23. The molecule has 0 unspecified atom stereocenters. The molecule has 3 aromatic rings. The number of hydrogen-bond acceptors (Lipinski definition) is 5. The topological polar surface area (TPSA) is 77.5 Å². The van der Waals surface area contributed by atoms with E-state index in [0.717, 1.165) is 22.3 Å². The molecule has 0 bridgehead atoms. The quantitative estimate of drug-likeness (QED) is 0.279. The lowest BCUT2D eigenvalue weighted by molar-refractivity contribution is -0.111. The van der Waals surface area contributed by atoms with Gasteiger partial charge in [0.25, 0.3) is 0 Å². The number of hydrogen-bond donors (Lipinski definition) is 1. The zero-order chi connectivity index (χ0) is 23.7. The Hall–Kier alpha value is -3.12. The number of nitrogens with one attached hydrogen (secondary N) is 1. The molecular weight excluding hydrogens is 442 g/mol. The van der Waals surface area contributed by atoms with E-state index in [-0.39, 0.29) is 17.9 Å². The highest BCUT2D eigenvalue weighted by molar-refractivity contribution is 7.53. The summed E-state index contributed by atoms with van der Waals surface area (Å²) in [5.74, 6) is -0.625. The number of carbonyl (C=O) groups is 1. The van der Waals surface area contributed by atoms with Crippen LogP contribution < -0.4 is 5.32 Å². The van der Waals surface area contributed by atoms with Crippen molar-refractivity contribution in [1.82, 2.24) is 4.98 Å². The van der Waals surface area contributed by atoms with Crippen LogP contribution in [0, 0.1) is 5.82 Å². The fourth-order valence-corrected chi connectivity index (χ4v) is 4.92. The summed E-state index contributed by atoms with van der Waals surface area (Å²) in [6.07, 6.45) is 6.53. The number of nitrogens with zero attached hydrogens (tertiary/aromatic N) is 1. The van der Waals surface area contributed by atoms with Crippen LogP contribution in [-0.2, 0) is 24.6 Å². The Bertz CT molecular complexity index is 1140. The van der Waals surface area contributed by atoms with Gasteiger partial charge in [-0.2, -0.15) is 0 Å². The average Bonchev–Trinajstić information content (AvgIpc) is 2.80. The minimum Gasteiger partial charge on any atom is -0.323 e. The van der Waals surface area contributed by atoms with Crippen molar-refractivity contribution < 1.29 is 22.8 Å². The summed E-state index contributed by atoms with van der Waals surface area (Å²) in [6.45, 7) is 4.15. The van der Waals surface area contributed by atoms with E-state index in [0.29, 0.717) is 18.9 Å². The van der Waals surface area contributed by atoms with Gasteiger partial charge in [0.1, 0.15) is 5.82 Å². The second kappa shape index (κ2) is 11.7. The summed E-state index contributed by atoms with van der Waals surface area (Å²) >= 11 is 0. The molecule has 33 heavy (non-hydrogen) atoms. The van der Waals surface area contributed by atoms with Gasteiger partial charge < -0.3 is 14.4 Å². The standard InChI is InChI=1S/C25H26FN2O4P/c1-3-31-33(30,32-4-2)18-19-5-12-23(13-6-19)28-25(29)14-9-21-17-27-16-15-24(21)20-7-10-22(26)11-8-20/h5-17H,3-4,18H2,1-2H3,(H,28,29)/b14-9+. The predicted molar refractivity (Wildman–Crippen MR) is 128 cm³/mol. The fourth-order valence-electron chi connectivity index (χ4n) is 3.22. The van der Waals surface area contributed by atoms with Gasteiger partial charge in [-0.25, -0.2) is 4.39 Å². The number of pyridine rings is 1. The fraction of sp³-hybridized carbons (Fsp3) is 0.200. The molecule has 0 saturated carbocycles. The van der Waals surface area contributed by atoms with Crippen LogP contribution in [0.2, 0.25) is 0 Å². The maximum atomic E-state index is 13.2. The predicted octanol–water partition coefficient (Wildman–Crippen LogP) is 6.31. The molecule has 0 aliphatic heterocycles. The molecule has 1 amide bonds. The number of halogens is 1. The van der Waals surface area contributed by atoms with Crippen LogP contribution in [0.4, 0.5) is 10.1 Å². The molecule has 172 valence electrons. The number of carbonyl (C=O) groups excluding carboxylic acids is 1. The van der Waals surface area contributed by atoms with Crippen LogP contribution in [0.5, 0.6) is 0 Å². The average molecular weight is 468 g/mol. The van der Waals surface area contributed by atoms with E-state index in [9.17, 15) is 13.8 Å². The van der Waals surface area contributed by atoms with Gasteiger partial charge in [-0.3, -0.25) is 14.3 Å². The number of aromatic nitrogens is 1. The van der Waals surface area contributed by atoms with Crippen molar-refractivity contribution in [1.29, 1.82) is 0 Å². The van der Waals surface area contributed by atoms with E-state index < -0.39 is 7.60 Å². The molecule has 0 aliphatic rings. The van der Waals surface area contributed by atoms with Crippen LogP contribution in [0.1, 0.15) is 25.0 Å². The summed E-state index contributed by atoms with van der Waals surface area (Å²) in [4.78, 5) is 16.5. The molecule has 0 radical (unpaired) electrons. The molecule has 3 rings (SSSR count). The molecule has 0 saturated heterocycles. The summed E-state index contributed by atoms with van der Waals surface area (Å²) in [5.41, 5.74) is 3.78. The summed E-state index contributed by atoms with van der Waals surface area (Å²) in [7, 11) is -3.19. The third-order valence-corrected chi connectivity index (χ3v) is 6.73. The second-order valence-corrected chi connectivity index (χ2v) is 9.15. The van der Waals surface area contributed by atoms with E-state index in [4.69, 9.17) is 9.05 Å². The van der Waals surface area contributed by atoms with Gasteiger partial charge >= 0.3 is 7.60 Å². The monoisotopic (exact) mass is 468 g/mol. The van der Waals surface area contributed by atoms with E-state index in [1.54, 1.807) is 68.7 Å². The molecular formula is C25H26FN2O4P. The first-order chi connectivity index (χ1) is 15.9. The van der Waals surface area contributed by atoms with Crippen molar-refractivity contribution in [3.05, 3.63) is 90.0 Å². The normalized spacial score (nSPS) is 11.6. The summed E-state index contributed by atoms with van der Waals surface area (Å²) in [6, 6.07) is 15.0. The first-order valence-corrected chi connectivity index (χ1v) is 12.3. The lowest BCUT2D eigenvalue weighted by atomic mass is 10.0. The van der Waals surface area contributed by atoms with E-state index >= 15 is 0 Å². The van der Waals surface area contributed by atoms with Gasteiger partial charge in [0.05, 0.1) is 19.4 Å². The number of benzene rings is 2. The Morgan fingerprint density at radius 2 is 1.70 bits per heavy atom. The molecule has 0 atom stereocenters. The van der Waals surface area contributed by atoms with Crippen molar-refractivity contribution in [2.45, 2.75) is 20.0 Å². The third kappa shape index (κ3) is 7.19. The smallest absolute Gasteiger partial charge is 0.323 e. The van der Waals surface area contributed by atoms with E-state index in [1.807, 2.05) is 6.07 Å². The Morgan fingerprint density at radius 3 is 2.33 bits per heavy atom. The Balaban J connectivity index is 1.66. The molecule has 0 aliphatic carbocycles. The summed E-state index contributed by atoms with van der Waals surface area (Å²) in [5, 5.41) is 2.79. The van der Waals surface area contributed by atoms with Crippen LogP contribution in [0.15, 0.2) is 73.1 Å². The van der Waals surface area contributed by atoms with E-state index in [1.165, 1.54) is 18.2 Å². The van der Waals surface area contributed by atoms with Crippen LogP contribution in [0.3, 0.4) is 0 Å². The molecule has 1 N–H and O–H groups in total. The van der Waals surface area contributed by atoms with Crippen molar-refractivity contribution in [3.63, 3.8) is 0 Å². The van der Waals surface area contributed by atoms with Gasteiger partial charge in [-0.05, 0) is 66.9 Å². The number of amides is 1. The first kappa shape index (κ1) is 24.5. The number of anilines is 1. The van der Waals surface area contributed by atoms with Crippen molar-refractivity contribution in [2.24, 2.45) is 0 Å². The van der Waals surface area contributed by atoms with E-state index in [2.05, 4.69) is 10.3 Å². The summed E-state index contributed by atoms with van der Waals surface area (Å²) < 4.78 is 36.5. The molecule has 6 nitrogen and oxygen atoms in total. The Kier molecular flexibility index (Phi) is 8.66. The van der Waals surface area contributed by atoms with Gasteiger partial charge in [-0.1, -0.05) is 24.3 Å². The molecule has 1 heterocycles. The van der Waals surface area contributed by atoms with Crippen molar-refractivity contribution >= 4 is 25.3 Å². The highest BCUT2D eigenvalue weighted by atomic mass is 31.2. The van der Waals surface area contributed by atoms with Gasteiger partial charge in [0, 0.05) is 29.7 Å². The molecule has 1 aromatic heterocycles. The molecule has 8 heteroatoms. The highest BCUT2D eigenvalue weighted by Crippen LogP contribution is 2.51. The van der Waals surface area contributed by atoms with Gasteiger partial charge in [-0.15, -0.1) is 0 Å². The van der Waals surface area contributed by atoms with Gasteiger partial charge in [0.15, 0.2) is 0 Å². The molecule has 2 aromatic carbocycles. The van der Waals surface area contributed by atoms with Crippen molar-refractivity contribution in [2.75, 3.05) is 18.5 Å². The largest absolute Gasteiger partial charge is 0.335 e. The molecule has 0 spiro atoms. The zero-order valence-corrected chi connectivity index (χ0v) is 19.4. The number of rotatable bonds is 10. The maximum absolute atomic E-state index is 13.2. The lowest BCUT2D eigenvalue weighted by Crippen LogP contribution is -2.07.